The molecule has 0 radical (unpaired) electrons. The highest BCUT2D eigenvalue weighted by atomic mass is 16.6. The molecule has 1 amide bonds. The minimum Gasteiger partial charge on any atom is -0.505 e. The van der Waals surface area contributed by atoms with E-state index in [2.05, 4.69) is 10.6 Å². The van der Waals surface area contributed by atoms with Gasteiger partial charge in [0.2, 0.25) is 5.91 Å². The van der Waals surface area contributed by atoms with Gasteiger partial charge in [-0.3, -0.25) is 14.9 Å². The summed E-state index contributed by atoms with van der Waals surface area (Å²) in [7, 11) is 0. The molecule has 0 spiro atoms. The van der Waals surface area contributed by atoms with Crippen LogP contribution in [-0.4, -0.2) is 29.0 Å². The molecule has 0 bridgehead atoms. The summed E-state index contributed by atoms with van der Waals surface area (Å²) in [5.74, 6) is -0.561. The molecule has 7 nitrogen and oxygen atoms in total. The van der Waals surface area contributed by atoms with Crippen molar-refractivity contribution in [3.63, 3.8) is 0 Å². The normalized spacial score (nSPS) is 17.2. The topological polar surface area (TPSA) is 104 Å². The van der Waals surface area contributed by atoms with E-state index in [1.807, 2.05) is 6.92 Å². The van der Waals surface area contributed by atoms with E-state index in [9.17, 15) is 20.0 Å². The second kappa shape index (κ2) is 6.09. The highest BCUT2D eigenvalue weighted by Gasteiger charge is 2.38. The van der Waals surface area contributed by atoms with E-state index < -0.39 is 10.3 Å². The highest BCUT2D eigenvalue weighted by molar-refractivity contribution is 5.98. The molecule has 7 heteroatoms. The first kappa shape index (κ1) is 15.2. The van der Waals surface area contributed by atoms with Crippen LogP contribution in [0.3, 0.4) is 0 Å². The number of phenolic OH excluding ortho intramolecular Hbond substituents is 1. The van der Waals surface area contributed by atoms with Crippen LogP contribution in [0.4, 0.5) is 11.4 Å². The van der Waals surface area contributed by atoms with Gasteiger partial charge in [-0.05, 0) is 38.4 Å². The number of para-hydroxylation sites is 1. The predicted octanol–water partition coefficient (Wildman–Crippen LogP) is 2.02. The molecule has 1 fully saturated rings. The van der Waals surface area contributed by atoms with Crippen molar-refractivity contribution in [2.45, 2.75) is 26.2 Å². The fraction of sp³-hybridized carbons (Fsp3) is 0.500. The van der Waals surface area contributed by atoms with Gasteiger partial charge < -0.3 is 15.7 Å². The van der Waals surface area contributed by atoms with E-state index >= 15 is 0 Å². The van der Waals surface area contributed by atoms with Crippen LogP contribution in [0.5, 0.6) is 5.75 Å². The second-order valence-corrected chi connectivity index (χ2v) is 5.27. The van der Waals surface area contributed by atoms with Gasteiger partial charge in [0.25, 0.3) is 5.69 Å². The van der Waals surface area contributed by atoms with Crippen molar-refractivity contribution < 1.29 is 14.8 Å². The number of nitrogens with one attached hydrogen (secondary N) is 2. The smallest absolute Gasteiger partial charge is 0.296 e. The van der Waals surface area contributed by atoms with Crippen molar-refractivity contribution in [1.82, 2.24) is 5.32 Å². The van der Waals surface area contributed by atoms with Crippen LogP contribution in [0.25, 0.3) is 0 Å². The van der Waals surface area contributed by atoms with Crippen molar-refractivity contribution in [2.75, 3.05) is 18.4 Å². The van der Waals surface area contributed by atoms with Crippen LogP contribution in [0.15, 0.2) is 18.2 Å². The zero-order valence-corrected chi connectivity index (χ0v) is 11.9. The molecule has 1 aromatic carbocycles. The standard InChI is InChI=1S/C14H19N3O4/c1-2-14(6-8-15-9-7-14)13(19)16-12-10(17(20)21)4-3-5-11(12)18/h3-5,15,18H,2,6-9H2,1H3,(H,16,19). The molecule has 0 aliphatic carbocycles. The zero-order chi connectivity index (χ0) is 15.5. The van der Waals surface area contributed by atoms with Crippen LogP contribution in [0, 0.1) is 15.5 Å². The molecular formula is C14H19N3O4. The van der Waals surface area contributed by atoms with Gasteiger partial charge >= 0.3 is 0 Å². The largest absolute Gasteiger partial charge is 0.505 e. The molecule has 1 saturated heterocycles. The number of carbonyl (C=O) groups is 1. The first-order valence-corrected chi connectivity index (χ1v) is 6.99. The highest BCUT2D eigenvalue weighted by Crippen LogP contribution is 2.38. The monoisotopic (exact) mass is 293 g/mol. The lowest BCUT2D eigenvalue weighted by molar-refractivity contribution is -0.384. The van der Waals surface area contributed by atoms with Crippen LogP contribution in [-0.2, 0) is 4.79 Å². The number of hydrogen-bond acceptors (Lipinski definition) is 5. The maximum absolute atomic E-state index is 12.6. The molecule has 1 aliphatic rings. The van der Waals surface area contributed by atoms with Gasteiger partial charge in [0.05, 0.1) is 10.3 Å². The third-order valence-corrected chi connectivity index (χ3v) is 4.17. The number of amides is 1. The van der Waals surface area contributed by atoms with Crippen molar-refractivity contribution in [3.8, 4) is 5.75 Å². The first-order chi connectivity index (χ1) is 10.00. The van der Waals surface area contributed by atoms with Crippen LogP contribution in [0.2, 0.25) is 0 Å². The van der Waals surface area contributed by atoms with Gasteiger partial charge in [-0.1, -0.05) is 13.0 Å². The van der Waals surface area contributed by atoms with Gasteiger partial charge in [-0.25, -0.2) is 0 Å². The zero-order valence-electron chi connectivity index (χ0n) is 11.9. The third kappa shape index (κ3) is 2.97. The number of rotatable bonds is 4. The van der Waals surface area contributed by atoms with Gasteiger partial charge in [0.15, 0.2) is 5.69 Å². The number of nitro benzene ring substituents is 1. The molecule has 114 valence electrons. The number of aromatic hydroxyl groups is 1. The number of phenols is 1. The Hall–Kier alpha value is -2.15. The van der Waals surface area contributed by atoms with Crippen LogP contribution in [0.1, 0.15) is 26.2 Å². The van der Waals surface area contributed by atoms with Crippen molar-refractivity contribution in [2.24, 2.45) is 5.41 Å². The minimum atomic E-state index is -0.615. The fourth-order valence-corrected chi connectivity index (χ4v) is 2.70. The Bertz CT molecular complexity index is 553. The molecule has 2 rings (SSSR count). The average molecular weight is 293 g/mol. The molecule has 0 saturated carbocycles. The summed E-state index contributed by atoms with van der Waals surface area (Å²) < 4.78 is 0. The molecule has 1 heterocycles. The maximum atomic E-state index is 12.6. The number of nitrogens with zero attached hydrogens (tertiary/aromatic N) is 1. The lowest BCUT2D eigenvalue weighted by Gasteiger charge is -2.35. The molecule has 1 aliphatic heterocycles. The summed E-state index contributed by atoms with van der Waals surface area (Å²) in [4.78, 5) is 23.0. The number of anilines is 1. The summed E-state index contributed by atoms with van der Waals surface area (Å²) in [6.07, 6.45) is 2.01. The molecule has 1 aromatic rings. The molecule has 0 aromatic heterocycles. The summed E-state index contributed by atoms with van der Waals surface area (Å²) in [6.45, 7) is 3.42. The Labute approximate surface area is 122 Å². The molecule has 0 unspecified atom stereocenters. The Morgan fingerprint density at radius 1 is 1.48 bits per heavy atom. The van der Waals surface area contributed by atoms with E-state index in [1.165, 1.54) is 18.2 Å². The third-order valence-electron chi connectivity index (χ3n) is 4.17. The number of piperidine rings is 1. The second-order valence-electron chi connectivity index (χ2n) is 5.27. The quantitative estimate of drug-likeness (QED) is 0.447. The number of hydrogen-bond donors (Lipinski definition) is 3. The van der Waals surface area contributed by atoms with Crippen LogP contribution < -0.4 is 10.6 Å². The average Bonchev–Trinajstić information content (AvgIpc) is 2.49. The Morgan fingerprint density at radius 2 is 2.14 bits per heavy atom. The lowest BCUT2D eigenvalue weighted by Crippen LogP contribution is -2.44. The van der Waals surface area contributed by atoms with Gasteiger partial charge in [-0.15, -0.1) is 0 Å². The summed E-state index contributed by atoms with van der Waals surface area (Å²) in [5, 5.41) is 26.6. The van der Waals surface area contributed by atoms with E-state index in [0.29, 0.717) is 19.3 Å². The minimum absolute atomic E-state index is 0.126. The van der Waals surface area contributed by atoms with Crippen molar-refractivity contribution in [3.05, 3.63) is 28.3 Å². The van der Waals surface area contributed by atoms with Crippen molar-refractivity contribution in [1.29, 1.82) is 0 Å². The van der Waals surface area contributed by atoms with Gasteiger partial charge in [-0.2, -0.15) is 0 Å². The molecular weight excluding hydrogens is 274 g/mol. The Morgan fingerprint density at radius 3 is 2.71 bits per heavy atom. The summed E-state index contributed by atoms with van der Waals surface area (Å²) in [6, 6.07) is 3.96. The lowest BCUT2D eigenvalue weighted by atomic mass is 9.76. The van der Waals surface area contributed by atoms with Gasteiger partial charge in [0.1, 0.15) is 5.75 Å². The SMILES string of the molecule is CCC1(C(=O)Nc2c(O)cccc2[N+](=O)[O-])CCNCC1. The van der Waals surface area contributed by atoms with Crippen molar-refractivity contribution >= 4 is 17.3 Å². The van der Waals surface area contributed by atoms with E-state index in [-0.39, 0.29) is 23.0 Å². The predicted molar refractivity (Wildman–Crippen MR) is 78.2 cm³/mol. The summed E-state index contributed by atoms with van der Waals surface area (Å²) in [5.41, 5.74) is -0.969. The van der Waals surface area contributed by atoms with E-state index in [0.717, 1.165) is 13.1 Å². The first-order valence-electron chi connectivity index (χ1n) is 6.99. The fourth-order valence-electron chi connectivity index (χ4n) is 2.70. The Kier molecular flexibility index (Phi) is 4.42. The summed E-state index contributed by atoms with van der Waals surface area (Å²) >= 11 is 0. The Balaban J connectivity index is 2.29. The molecule has 3 N–H and O–H groups in total. The number of benzene rings is 1. The number of carbonyl (C=O) groups excluding carboxylic acids is 1. The maximum Gasteiger partial charge on any atom is 0.296 e. The van der Waals surface area contributed by atoms with E-state index in [1.54, 1.807) is 0 Å². The molecule has 21 heavy (non-hydrogen) atoms. The van der Waals surface area contributed by atoms with E-state index in [4.69, 9.17) is 0 Å². The van der Waals surface area contributed by atoms with Gasteiger partial charge in [0, 0.05) is 6.07 Å². The number of nitro groups is 1. The molecule has 0 atom stereocenters. The van der Waals surface area contributed by atoms with Crippen LogP contribution >= 0.6 is 0 Å².